The number of nitrogens with one attached hydrogen (secondary N) is 3. The monoisotopic (exact) mass is 565 g/mol. The van der Waals surface area contributed by atoms with Gasteiger partial charge in [-0.25, -0.2) is 4.79 Å². The summed E-state index contributed by atoms with van der Waals surface area (Å²) >= 11 is 3.28. The molecule has 0 saturated carbocycles. The number of pyridine rings is 1. The number of aromatic nitrogens is 2. The Kier molecular flexibility index (Phi) is 7.22. The molecular weight excluding hydrogens is 542 g/mol. The number of aromatic amines is 1. The first-order valence-corrected chi connectivity index (χ1v) is 12.5. The fourth-order valence-electron chi connectivity index (χ4n) is 4.09. The summed E-state index contributed by atoms with van der Waals surface area (Å²) in [6.45, 7) is 0.235. The van der Waals surface area contributed by atoms with Gasteiger partial charge in [0.05, 0.1) is 12.1 Å². The van der Waals surface area contributed by atoms with Crippen molar-refractivity contribution in [1.29, 1.82) is 0 Å². The molecule has 0 saturated heterocycles. The Balaban J connectivity index is 1.25. The molecule has 2 atom stereocenters. The summed E-state index contributed by atoms with van der Waals surface area (Å²) in [4.78, 5) is 38.6. The average Bonchev–Trinajstić information content (AvgIpc) is 3.50. The number of phenolic OH excluding ortho intramolecular Hbond substituents is 1. The second-order valence-electron chi connectivity index (χ2n) is 8.72. The summed E-state index contributed by atoms with van der Waals surface area (Å²) in [5.74, 6) is -0.250. The first-order valence-electron chi connectivity index (χ1n) is 11.7. The van der Waals surface area contributed by atoms with Crippen LogP contribution in [0.2, 0.25) is 0 Å². The number of hydrogen-bond acceptors (Lipinski definition) is 7. The largest absolute Gasteiger partial charge is 0.508 e. The summed E-state index contributed by atoms with van der Waals surface area (Å²) < 4.78 is 6.07. The summed E-state index contributed by atoms with van der Waals surface area (Å²) in [6, 6.07) is 15.4. The van der Waals surface area contributed by atoms with Crippen molar-refractivity contribution in [3.05, 3.63) is 72.1 Å². The highest BCUT2D eigenvalue weighted by atomic mass is 79.9. The lowest BCUT2D eigenvalue weighted by Crippen LogP contribution is -2.49. The fourth-order valence-corrected chi connectivity index (χ4v) is 4.53. The maximum Gasteiger partial charge on any atom is 0.408 e. The topological polar surface area (TPSA) is 138 Å². The van der Waals surface area contributed by atoms with Crippen LogP contribution in [0.4, 0.5) is 4.79 Å². The van der Waals surface area contributed by atoms with Crippen molar-refractivity contribution in [3.63, 3.8) is 0 Å². The molecule has 0 bridgehead atoms. The van der Waals surface area contributed by atoms with Crippen LogP contribution in [-0.4, -0.2) is 50.4 Å². The van der Waals surface area contributed by atoms with Crippen LogP contribution < -0.4 is 10.6 Å². The summed E-state index contributed by atoms with van der Waals surface area (Å²) in [7, 11) is 0. The van der Waals surface area contributed by atoms with E-state index in [4.69, 9.17) is 9.57 Å². The molecule has 37 heavy (non-hydrogen) atoms. The van der Waals surface area contributed by atoms with E-state index in [9.17, 15) is 14.7 Å². The molecule has 4 N–H and O–H groups in total. The summed E-state index contributed by atoms with van der Waals surface area (Å²) in [5, 5.41) is 20.8. The van der Waals surface area contributed by atoms with Gasteiger partial charge in [0, 0.05) is 46.6 Å². The van der Waals surface area contributed by atoms with Crippen molar-refractivity contribution < 1.29 is 24.3 Å². The number of H-pyrrole nitrogens is 1. The van der Waals surface area contributed by atoms with Crippen molar-refractivity contribution in [2.75, 3.05) is 6.54 Å². The Morgan fingerprint density at radius 3 is 2.89 bits per heavy atom. The standard InChI is InChI=1S/C26H24BrN5O5/c27-24-11-20(37-32-24)13-29-25(34)23(10-18-8-17-9-19(33)5-6-22(17)30-18)31-26(35)36-14-15-7-16-3-1-2-4-21(16)28-12-15/h1-9,12,20,23,30,33H,10-11,13-14H2,(H,29,34)(H,31,35). The van der Waals surface area contributed by atoms with Gasteiger partial charge >= 0.3 is 6.09 Å². The van der Waals surface area contributed by atoms with Crippen molar-refractivity contribution in [3.8, 4) is 5.75 Å². The Hall–Kier alpha value is -4.12. The van der Waals surface area contributed by atoms with Gasteiger partial charge in [-0.15, -0.1) is 0 Å². The Morgan fingerprint density at radius 1 is 1.19 bits per heavy atom. The van der Waals surface area contributed by atoms with Gasteiger partial charge in [-0.3, -0.25) is 9.78 Å². The van der Waals surface area contributed by atoms with Crippen LogP contribution in [0.5, 0.6) is 5.75 Å². The number of alkyl carbamates (subject to hydrolysis) is 1. The van der Waals surface area contributed by atoms with Crippen molar-refractivity contribution in [2.45, 2.75) is 31.6 Å². The Bertz CT molecular complexity index is 1490. The van der Waals surface area contributed by atoms with Crippen LogP contribution in [-0.2, 0) is 27.4 Å². The number of benzene rings is 2. The average molecular weight is 566 g/mol. The molecule has 10 nitrogen and oxygen atoms in total. The van der Waals surface area contributed by atoms with Gasteiger partial charge in [0.25, 0.3) is 0 Å². The van der Waals surface area contributed by atoms with Gasteiger partial charge in [0.15, 0.2) is 6.10 Å². The molecule has 0 aliphatic carbocycles. The minimum absolute atomic E-state index is 0.00491. The van der Waals surface area contributed by atoms with Gasteiger partial charge < -0.3 is 30.3 Å². The van der Waals surface area contributed by atoms with Crippen LogP contribution in [0, 0.1) is 0 Å². The van der Waals surface area contributed by atoms with Gasteiger partial charge in [-0.2, -0.15) is 0 Å². The number of phenols is 1. The molecule has 2 aromatic heterocycles. The first-order chi connectivity index (χ1) is 17.9. The zero-order valence-electron chi connectivity index (χ0n) is 19.6. The molecule has 1 aliphatic heterocycles. The number of amides is 2. The molecule has 2 unspecified atom stereocenters. The molecular formula is C26H24BrN5O5. The molecule has 0 radical (unpaired) electrons. The summed E-state index contributed by atoms with van der Waals surface area (Å²) in [5.41, 5.74) is 3.10. The van der Waals surface area contributed by atoms with Crippen LogP contribution >= 0.6 is 15.9 Å². The molecule has 2 aromatic carbocycles. The number of carbonyl (C=O) groups excluding carboxylic acids is 2. The van der Waals surface area contributed by atoms with E-state index in [1.165, 1.54) is 0 Å². The predicted molar refractivity (Wildman–Crippen MR) is 141 cm³/mol. The number of para-hydroxylation sites is 1. The third-order valence-electron chi connectivity index (χ3n) is 5.91. The van der Waals surface area contributed by atoms with E-state index in [1.807, 2.05) is 36.4 Å². The summed E-state index contributed by atoms with van der Waals surface area (Å²) in [6.07, 6.45) is 1.36. The number of fused-ring (bicyclic) bond motifs is 2. The van der Waals surface area contributed by atoms with E-state index in [2.05, 4.69) is 41.7 Å². The number of oxime groups is 1. The lowest BCUT2D eigenvalue weighted by atomic mass is 10.1. The number of aromatic hydroxyl groups is 1. The minimum atomic E-state index is -0.922. The maximum absolute atomic E-state index is 13.1. The Labute approximate surface area is 220 Å². The molecule has 3 heterocycles. The van der Waals surface area contributed by atoms with Crippen molar-refractivity contribution in [2.24, 2.45) is 5.16 Å². The highest BCUT2D eigenvalue weighted by Gasteiger charge is 2.26. The SMILES string of the molecule is O=C(NC(Cc1cc2cc(O)ccc2[nH]1)C(=O)NCC1CC(Br)=NO1)OCc1cnc2ccccc2c1. The van der Waals surface area contributed by atoms with Gasteiger partial charge in [-0.05, 0) is 52.3 Å². The zero-order chi connectivity index (χ0) is 25.8. The van der Waals surface area contributed by atoms with Crippen LogP contribution in [0.1, 0.15) is 17.7 Å². The molecule has 1 aliphatic rings. The number of ether oxygens (including phenoxy) is 1. The molecule has 4 aromatic rings. The number of carbonyl (C=O) groups is 2. The number of nitrogens with zero attached hydrogens (tertiary/aromatic N) is 2. The lowest BCUT2D eigenvalue weighted by Gasteiger charge is -2.19. The maximum atomic E-state index is 13.1. The van der Waals surface area contributed by atoms with E-state index in [1.54, 1.807) is 24.4 Å². The van der Waals surface area contributed by atoms with E-state index >= 15 is 0 Å². The number of rotatable bonds is 8. The highest BCUT2D eigenvalue weighted by molar-refractivity contribution is 9.18. The van der Waals surface area contributed by atoms with Crippen LogP contribution in [0.3, 0.4) is 0 Å². The molecule has 0 spiro atoms. The lowest BCUT2D eigenvalue weighted by molar-refractivity contribution is -0.123. The van der Waals surface area contributed by atoms with E-state index < -0.39 is 18.0 Å². The minimum Gasteiger partial charge on any atom is -0.508 e. The smallest absolute Gasteiger partial charge is 0.408 e. The second kappa shape index (κ2) is 10.9. The van der Waals surface area contributed by atoms with Crippen LogP contribution in [0.15, 0.2) is 65.9 Å². The molecule has 2 amide bonds. The number of hydrogen-bond donors (Lipinski definition) is 4. The highest BCUT2D eigenvalue weighted by Crippen LogP contribution is 2.21. The van der Waals surface area contributed by atoms with Gasteiger partial charge in [0.2, 0.25) is 5.91 Å². The Morgan fingerprint density at radius 2 is 2.05 bits per heavy atom. The third kappa shape index (κ3) is 6.18. The van der Waals surface area contributed by atoms with E-state index in [-0.39, 0.29) is 31.4 Å². The van der Waals surface area contributed by atoms with E-state index in [0.717, 1.165) is 27.4 Å². The fraction of sp³-hybridized carbons (Fsp3) is 0.231. The first kappa shape index (κ1) is 24.6. The molecule has 11 heteroatoms. The molecule has 5 rings (SSSR count). The third-order valence-corrected chi connectivity index (χ3v) is 6.38. The number of halogens is 1. The van der Waals surface area contributed by atoms with Gasteiger partial charge in [0.1, 0.15) is 23.0 Å². The molecule has 190 valence electrons. The van der Waals surface area contributed by atoms with Gasteiger partial charge in [-0.1, -0.05) is 23.4 Å². The quantitative estimate of drug-likeness (QED) is 0.256. The normalized spacial score (nSPS) is 15.7. The second-order valence-corrected chi connectivity index (χ2v) is 9.64. The van der Waals surface area contributed by atoms with Crippen molar-refractivity contribution in [1.82, 2.24) is 20.6 Å². The van der Waals surface area contributed by atoms with Crippen molar-refractivity contribution >= 4 is 54.4 Å². The predicted octanol–water partition coefficient (Wildman–Crippen LogP) is 3.87. The molecule has 0 fully saturated rings. The van der Waals surface area contributed by atoms with E-state index in [0.29, 0.717) is 16.7 Å². The van der Waals surface area contributed by atoms with Crippen LogP contribution in [0.25, 0.3) is 21.8 Å². The zero-order valence-corrected chi connectivity index (χ0v) is 21.2.